The molecule has 0 fully saturated rings. The third kappa shape index (κ3) is 2.35. The van der Waals surface area contributed by atoms with Crippen LogP contribution in [0.4, 0.5) is 4.39 Å². The first-order chi connectivity index (χ1) is 7.56. The second kappa shape index (κ2) is 4.42. The Bertz CT molecular complexity index is 378. The maximum atomic E-state index is 13.1. The number of ether oxygens (including phenoxy) is 1. The van der Waals surface area contributed by atoms with Gasteiger partial charge in [-0.05, 0) is 18.4 Å². The molecule has 0 spiro atoms. The highest BCUT2D eigenvalue weighted by molar-refractivity contribution is 5.38. The van der Waals surface area contributed by atoms with E-state index in [4.69, 9.17) is 10.5 Å². The number of hydrogen-bond donors (Lipinski definition) is 1. The highest BCUT2D eigenvalue weighted by Crippen LogP contribution is 2.35. The summed E-state index contributed by atoms with van der Waals surface area (Å²) >= 11 is 0. The molecule has 1 unspecified atom stereocenters. The van der Waals surface area contributed by atoms with Crippen LogP contribution in [0, 0.1) is 11.7 Å². The molecule has 3 heteroatoms. The molecule has 1 heterocycles. The summed E-state index contributed by atoms with van der Waals surface area (Å²) in [5, 5.41) is 0. The second-order valence-corrected chi connectivity index (χ2v) is 4.89. The van der Waals surface area contributed by atoms with Crippen molar-refractivity contribution in [2.45, 2.75) is 38.8 Å². The van der Waals surface area contributed by atoms with Crippen LogP contribution in [-0.2, 0) is 0 Å². The summed E-state index contributed by atoms with van der Waals surface area (Å²) in [7, 11) is 0. The van der Waals surface area contributed by atoms with Crippen LogP contribution in [0.15, 0.2) is 18.2 Å². The Labute approximate surface area is 95.6 Å². The van der Waals surface area contributed by atoms with E-state index < -0.39 is 0 Å². The predicted molar refractivity (Wildman–Crippen MR) is 61.8 cm³/mol. The molecule has 0 aliphatic carbocycles. The molecule has 2 rings (SSSR count). The molecule has 16 heavy (non-hydrogen) atoms. The van der Waals surface area contributed by atoms with Crippen LogP contribution >= 0.6 is 0 Å². The van der Waals surface area contributed by atoms with Crippen molar-refractivity contribution in [3.63, 3.8) is 0 Å². The molecule has 1 aromatic rings. The molecule has 0 amide bonds. The summed E-state index contributed by atoms with van der Waals surface area (Å²) in [6.07, 6.45) is 1.89. The van der Waals surface area contributed by atoms with E-state index in [1.165, 1.54) is 12.1 Å². The number of rotatable bonds is 2. The molecule has 1 aliphatic heterocycles. The maximum Gasteiger partial charge on any atom is 0.127 e. The molecule has 0 bridgehead atoms. The van der Waals surface area contributed by atoms with E-state index in [1.54, 1.807) is 6.07 Å². The fraction of sp³-hybridized carbons (Fsp3) is 0.538. The van der Waals surface area contributed by atoms with Gasteiger partial charge in [0.05, 0.1) is 0 Å². The SMILES string of the molecule is CC(C)CC1C[C@H](N)c2ccc(F)cc2O1. The minimum absolute atomic E-state index is 0.0342. The largest absolute Gasteiger partial charge is 0.490 e. The number of benzene rings is 1. The van der Waals surface area contributed by atoms with Gasteiger partial charge in [0.25, 0.3) is 0 Å². The molecule has 0 radical (unpaired) electrons. The first-order valence-corrected chi connectivity index (χ1v) is 5.78. The van der Waals surface area contributed by atoms with Crippen molar-refractivity contribution in [3.8, 4) is 5.75 Å². The van der Waals surface area contributed by atoms with Crippen LogP contribution in [0.25, 0.3) is 0 Å². The van der Waals surface area contributed by atoms with E-state index in [2.05, 4.69) is 13.8 Å². The Morgan fingerprint density at radius 2 is 2.25 bits per heavy atom. The second-order valence-electron chi connectivity index (χ2n) is 4.89. The Morgan fingerprint density at radius 1 is 1.50 bits per heavy atom. The monoisotopic (exact) mass is 223 g/mol. The van der Waals surface area contributed by atoms with Gasteiger partial charge in [0.15, 0.2) is 0 Å². The minimum Gasteiger partial charge on any atom is -0.490 e. The topological polar surface area (TPSA) is 35.2 Å². The van der Waals surface area contributed by atoms with Gasteiger partial charge >= 0.3 is 0 Å². The summed E-state index contributed by atoms with van der Waals surface area (Å²) in [5.41, 5.74) is 6.98. The molecule has 88 valence electrons. The van der Waals surface area contributed by atoms with Crippen LogP contribution in [0.5, 0.6) is 5.75 Å². The van der Waals surface area contributed by atoms with E-state index in [0.29, 0.717) is 11.7 Å². The normalized spacial score (nSPS) is 24.1. The van der Waals surface area contributed by atoms with Crippen molar-refractivity contribution in [3.05, 3.63) is 29.6 Å². The Kier molecular flexibility index (Phi) is 3.15. The van der Waals surface area contributed by atoms with Gasteiger partial charge in [0, 0.05) is 24.1 Å². The lowest BCUT2D eigenvalue weighted by molar-refractivity contribution is 0.135. The molecule has 1 aromatic carbocycles. The van der Waals surface area contributed by atoms with Crippen molar-refractivity contribution in [2.24, 2.45) is 11.7 Å². The standard InChI is InChI=1S/C13H18FNO/c1-8(2)5-10-7-12(15)11-4-3-9(14)6-13(11)16-10/h3-4,6,8,10,12H,5,7,15H2,1-2H3/t10?,12-/m0/s1. The molecular formula is C13H18FNO. The molecule has 1 aliphatic rings. The average molecular weight is 223 g/mol. The summed E-state index contributed by atoms with van der Waals surface area (Å²) in [6.45, 7) is 4.30. The number of nitrogens with two attached hydrogens (primary N) is 1. The smallest absolute Gasteiger partial charge is 0.127 e. The van der Waals surface area contributed by atoms with Gasteiger partial charge in [0.1, 0.15) is 17.7 Å². The molecule has 0 saturated heterocycles. The van der Waals surface area contributed by atoms with Crippen molar-refractivity contribution >= 4 is 0 Å². The first kappa shape index (κ1) is 11.4. The van der Waals surface area contributed by atoms with Gasteiger partial charge < -0.3 is 10.5 Å². The van der Waals surface area contributed by atoms with E-state index in [1.807, 2.05) is 0 Å². The maximum absolute atomic E-state index is 13.1. The van der Waals surface area contributed by atoms with E-state index in [-0.39, 0.29) is 18.0 Å². The molecular weight excluding hydrogens is 205 g/mol. The summed E-state index contributed by atoms with van der Waals surface area (Å²) < 4.78 is 18.9. The highest BCUT2D eigenvalue weighted by atomic mass is 19.1. The summed E-state index contributed by atoms with van der Waals surface area (Å²) in [4.78, 5) is 0. The third-order valence-corrected chi connectivity index (χ3v) is 2.92. The summed E-state index contributed by atoms with van der Waals surface area (Å²) in [6, 6.07) is 4.56. The van der Waals surface area contributed by atoms with Crippen LogP contribution in [0.3, 0.4) is 0 Å². The zero-order chi connectivity index (χ0) is 11.7. The Balaban J connectivity index is 2.20. The van der Waals surface area contributed by atoms with Crippen LogP contribution in [-0.4, -0.2) is 6.10 Å². The molecule has 2 atom stereocenters. The highest BCUT2D eigenvalue weighted by Gasteiger charge is 2.26. The van der Waals surface area contributed by atoms with Gasteiger partial charge in [-0.2, -0.15) is 0 Å². The van der Waals surface area contributed by atoms with Gasteiger partial charge in [-0.15, -0.1) is 0 Å². The van der Waals surface area contributed by atoms with Crippen molar-refractivity contribution in [1.29, 1.82) is 0 Å². The first-order valence-electron chi connectivity index (χ1n) is 5.78. The van der Waals surface area contributed by atoms with Crippen LogP contribution < -0.4 is 10.5 Å². The van der Waals surface area contributed by atoms with Crippen LogP contribution in [0.2, 0.25) is 0 Å². The fourth-order valence-corrected chi connectivity index (χ4v) is 2.22. The van der Waals surface area contributed by atoms with Crippen LogP contribution in [0.1, 0.15) is 38.3 Å². The number of hydrogen-bond acceptors (Lipinski definition) is 2. The predicted octanol–water partition coefficient (Wildman–Crippen LogP) is 3.02. The zero-order valence-electron chi connectivity index (χ0n) is 9.74. The van der Waals surface area contributed by atoms with E-state index >= 15 is 0 Å². The number of halogens is 1. The lowest BCUT2D eigenvalue weighted by Gasteiger charge is -2.31. The van der Waals surface area contributed by atoms with E-state index in [9.17, 15) is 4.39 Å². The molecule has 2 N–H and O–H groups in total. The Hall–Kier alpha value is -1.09. The minimum atomic E-state index is -0.267. The zero-order valence-corrected chi connectivity index (χ0v) is 9.74. The molecule has 0 saturated carbocycles. The van der Waals surface area contributed by atoms with Gasteiger partial charge in [-0.1, -0.05) is 19.9 Å². The summed E-state index contributed by atoms with van der Waals surface area (Å²) in [5.74, 6) is 0.910. The van der Waals surface area contributed by atoms with E-state index in [0.717, 1.165) is 18.4 Å². The lowest BCUT2D eigenvalue weighted by Crippen LogP contribution is -2.30. The fourth-order valence-electron chi connectivity index (χ4n) is 2.22. The van der Waals surface area contributed by atoms with Crippen molar-refractivity contribution in [1.82, 2.24) is 0 Å². The van der Waals surface area contributed by atoms with Gasteiger partial charge in [0.2, 0.25) is 0 Å². The quantitative estimate of drug-likeness (QED) is 0.836. The average Bonchev–Trinajstić information content (AvgIpc) is 2.15. The third-order valence-electron chi connectivity index (χ3n) is 2.92. The Morgan fingerprint density at radius 3 is 2.94 bits per heavy atom. The lowest BCUT2D eigenvalue weighted by atomic mass is 9.93. The number of fused-ring (bicyclic) bond motifs is 1. The van der Waals surface area contributed by atoms with Gasteiger partial charge in [-0.25, -0.2) is 4.39 Å². The van der Waals surface area contributed by atoms with Crippen molar-refractivity contribution < 1.29 is 9.13 Å². The van der Waals surface area contributed by atoms with Crippen molar-refractivity contribution in [2.75, 3.05) is 0 Å². The molecule has 2 nitrogen and oxygen atoms in total. The van der Waals surface area contributed by atoms with Gasteiger partial charge in [-0.3, -0.25) is 0 Å². The molecule has 0 aromatic heterocycles.